The van der Waals surface area contributed by atoms with Gasteiger partial charge in [-0.15, -0.1) is 5.10 Å². The van der Waals surface area contributed by atoms with E-state index in [9.17, 15) is 10.1 Å². The minimum absolute atomic E-state index is 0.0471. The summed E-state index contributed by atoms with van der Waals surface area (Å²) in [6.45, 7) is 14.5. The Bertz CT molecular complexity index is 877. The number of H-pyrrole nitrogens is 1. The number of nitro groups is 1. The lowest BCUT2D eigenvalue weighted by atomic mass is 10.1. The Morgan fingerprint density at radius 2 is 1.94 bits per heavy atom. The third-order valence-electron chi connectivity index (χ3n) is 4.55. The van der Waals surface area contributed by atoms with Crippen LogP contribution in [0.25, 0.3) is 0 Å². The molecular formula is C22H39ClN6O5S. The fraction of sp³-hybridized carbons (Fsp3) is 0.682. The van der Waals surface area contributed by atoms with Crippen LogP contribution in [0.4, 0.5) is 11.5 Å². The molecule has 0 aliphatic heterocycles. The summed E-state index contributed by atoms with van der Waals surface area (Å²) in [6, 6.07) is 0.0471. The van der Waals surface area contributed by atoms with Gasteiger partial charge in [0.05, 0.1) is 24.2 Å². The topological polar surface area (TPSA) is 130 Å². The van der Waals surface area contributed by atoms with Crippen LogP contribution in [-0.4, -0.2) is 64.8 Å². The number of rotatable bonds is 13. The van der Waals surface area contributed by atoms with Crippen molar-refractivity contribution in [1.82, 2.24) is 20.0 Å². The van der Waals surface area contributed by atoms with E-state index in [2.05, 4.69) is 40.9 Å². The van der Waals surface area contributed by atoms with Gasteiger partial charge in [0.25, 0.3) is 0 Å². The molecule has 2 rings (SSSR count). The van der Waals surface area contributed by atoms with Crippen LogP contribution in [0.15, 0.2) is 4.99 Å². The number of hydrogen-bond donors (Lipinski definition) is 1. The van der Waals surface area contributed by atoms with E-state index in [0.717, 1.165) is 18.4 Å². The largest absolute Gasteiger partial charge is 0.472 e. The normalized spacial score (nSPS) is 11.1. The van der Waals surface area contributed by atoms with Gasteiger partial charge in [0.15, 0.2) is 5.82 Å². The number of nitrogens with zero attached hydrogens (tertiary/aromatic N) is 5. The molecule has 0 aromatic carbocycles. The van der Waals surface area contributed by atoms with E-state index in [0.29, 0.717) is 42.9 Å². The second kappa shape index (κ2) is 19.1. The van der Waals surface area contributed by atoms with E-state index >= 15 is 0 Å². The fourth-order valence-corrected chi connectivity index (χ4v) is 3.20. The molecule has 0 saturated heterocycles. The minimum atomic E-state index is -0.435. The standard InChI is InChI=1S/C14H25N3O5S.C5H6ClN3.C3H8/c1-5-12(7-10-20-3)16-11(2)13(17(18)19)14(15-16)21-8-6-9-22-23-4;1-3-4(6)8-9-5(3)7-2;1-3-2/h12H,5-10H2,1-4H3;2H2,1H3,(H,8,9);3H2,1-2H3. The predicted molar refractivity (Wildman–Crippen MR) is 143 cm³/mol. The first kappa shape index (κ1) is 32.8. The quantitative estimate of drug-likeness (QED) is 0.105. The summed E-state index contributed by atoms with van der Waals surface area (Å²) in [5, 5.41) is 22.5. The molecule has 0 aliphatic carbocycles. The van der Waals surface area contributed by atoms with Gasteiger partial charge in [-0.05, 0) is 45.4 Å². The highest BCUT2D eigenvalue weighted by molar-refractivity contribution is 7.93. The molecule has 2 aromatic heterocycles. The molecule has 35 heavy (non-hydrogen) atoms. The number of aromatic nitrogens is 4. The summed E-state index contributed by atoms with van der Waals surface area (Å²) in [5.41, 5.74) is 1.28. The first-order valence-corrected chi connectivity index (χ1v) is 12.9. The molecule has 0 aliphatic rings. The van der Waals surface area contributed by atoms with Gasteiger partial charge in [0.1, 0.15) is 10.8 Å². The van der Waals surface area contributed by atoms with E-state index in [4.69, 9.17) is 25.3 Å². The summed E-state index contributed by atoms with van der Waals surface area (Å²) in [5.74, 6) is 0.646. The smallest absolute Gasteiger partial charge is 0.352 e. The van der Waals surface area contributed by atoms with Crippen LogP contribution in [0, 0.1) is 24.0 Å². The highest BCUT2D eigenvalue weighted by Crippen LogP contribution is 2.33. The molecule has 0 radical (unpaired) electrons. The Labute approximate surface area is 217 Å². The third kappa shape index (κ3) is 11.4. The molecule has 13 heteroatoms. The Morgan fingerprint density at radius 3 is 2.37 bits per heavy atom. The SMILES string of the molecule is C=Nc1n[nH]c(Cl)c1C.CCC.CCC(CCOC)n1nc(OCCCOSC)c([N+](=O)[O-])c1C. The van der Waals surface area contributed by atoms with Crippen LogP contribution < -0.4 is 4.74 Å². The van der Waals surface area contributed by atoms with Gasteiger partial charge in [0.2, 0.25) is 0 Å². The lowest BCUT2D eigenvalue weighted by molar-refractivity contribution is -0.386. The first-order chi connectivity index (χ1) is 16.7. The molecule has 200 valence electrons. The molecule has 11 nitrogen and oxygen atoms in total. The number of ether oxygens (including phenoxy) is 2. The monoisotopic (exact) mass is 534 g/mol. The maximum absolute atomic E-state index is 11.3. The van der Waals surface area contributed by atoms with E-state index in [1.807, 2.05) is 20.1 Å². The Morgan fingerprint density at radius 1 is 1.29 bits per heavy atom. The molecule has 1 N–H and O–H groups in total. The number of aromatic amines is 1. The number of nitrogens with one attached hydrogen (secondary N) is 1. The molecular weight excluding hydrogens is 496 g/mol. The van der Waals surface area contributed by atoms with Crippen LogP contribution in [0.3, 0.4) is 0 Å². The molecule has 0 amide bonds. The van der Waals surface area contributed by atoms with E-state index in [-0.39, 0.29) is 17.6 Å². The van der Waals surface area contributed by atoms with Gasteiger partial charge < -0.3 is 13.7 Å². The van der Waals surface area contributed by atoms with Crippen LogP contribution in [0.5, 0.6) is 5.88 Å². The van der Waals surface area contributed by atoms with Gasteiger partial charge in [-0.25, -0.2) is 4.99 Å². The van der Waals surface area contributed by atoms with Crippen molar-refractivity contribution in [3.8, 4) is 5.88 Å². The first-order valence-electron chi connectivity index (χ1n) is 11.4. The molecule has 0 spiro atoms. The number of halogens is 1. The third-order valence-corrected chi connectivity index (χ3v) is 5.32. The Balaban J connectivity index is 0.000000791. The number of aliphatic imine (C=N–C) groups is 1. The Kier molecular flexibility index (Phi) is 17.9. The van der Waals surface area contributed by atoms with E-state index < -0.39 is 4.92 Å². The van der Waals surface area contributed by atoms with Crippen molar-refractivity contribution in [1.29, 1.82) is 0 Å². The summed E-state index contributed by atoms with van der Waals surface area (Å²) in [6.07, 6.45) is 5.28. The summed E-state index contributed by atoms with van der Waals surface area (Å²) < 4.78 is 17.4. The van der Waals surface area contributed by atoms with E-state index in [1.54, 1.807) is 18.7 Å². The maximum Gasteiger partial charge on any atom is 0.352 e. The van der Waals surface area contributed by atoms with Gasteiger partial charge in [0, 0.05) is 32.0 Å². The van der Waals surface area contributed by atoms with Gasteiger partial charge in [-0.1, -0.05) is 38.8 Å². The zero-order valence-corrected chi connectivity index (χ0v) is 23.4. The number of methoxy groups -OCH3 is 1. The van der Waals surface area contributed by atoms with E-state index in [1.165, 1.54) is 18.5 Å². The lowest BCUT2D eigenvalue weighted by Crippen LogP contribution is -2.14. The minimum Gasteiger partial charge on any atom is -0.472 e. The molecule has 1 unspecified atom stereocenters. The molecule has 0 fully saturated rings. The van der Waals surface area contributed by atoms with Crippen molar-refractivity contribution in [2.24, 2.45) is 4.99 Å². The van der Waals surface area contributed by atoms with Crippen molar-refractivity contribution >= 4 is 41.9 Å². The van der Waals surface area contributed by atoms with Crippen LogP contribution in [-0.2, 0) is 8.92 Å². The molecule has 2 aromatic rings. The second-order valence-electron chi connectivity index (χ2n) is 7.33. The van der Waals surface area contributed by atoms with Crippen molar-refractivity contribution in [2.45, 2.75) is 66.3 Å². The van der Waals surface area contributed by atoms with Gasteiger partial charge in [-0.3, -0.25) is 19.9 Å². The van der Waals surface area contributed by atoms with Crippen molar-refractivity contribution in [3.63, 3.8) is 0 Å². The second-order valence-corrected chi connectivity index (χ2v) is 8.27. The zero-order valence-electron chi connectivity index (χ0n) is 21.8. The summed E-state index contributed by atoms with van der Waals surface area (Å²) >= 11 is 6.88. The van der Waals surface area contributed by atoms with Gasteiger partial charge >= 0.3 is 11.6 Å². The molecule has 1 atom stereocenters. The fourth-order valence-electron chi connectivity index (χ4n) is 2.79. The van der Waals surface area contributed by atoms with Crippen LogP contribution >= 0.6 is 23.6 Å². The van der Waals surface area contributed by atoms with Crippen LogP contribution in [0.1, 0.15) is 63.8 Å². The zero-order chi connectivity index (χ0) is 26.8. The highest BCUT2D eigenvalue weighted by atomic mass is 35.5. The molecule has 0 bridgehead atoms. The van der Waals surface area contributed by atoms with Crippen molar-refractivity contribution < 1.29 is 18.6 Å². The molecule has 2 heterocycles. The average Bonchev–Trinajstić information content (AvgIpc) is 3.33. The highest BCUT2D eigenvalue weighted by Gasteiger charge is 2.29. The van der Waals surface area contributed by atoms with Gasteiger partial charge in [-0.2, -0.15) is 5.10 Å². The van der Waals surface area contributed by atoms with Crippen LogP contribution in [0.2, 0.25) is 5.15 Å². The summed E-state index contributed by atoms with van der Waals surface area (Å²) in [4.78, 5) is 14.5. The predicted octanol–water partition coefficient (Wildman–Crippen LogP) is 6.27. The lowest BCUT2D eigenvalue weighted by Gasteiger charge is -2.16. The number of hydrogen-bond acceptors (Lipinski definition) is 9. The van der Waals surface area contributed by atoms with Crippen molar-refractivity contribution in [3.05, 3.63) is 26.5 Å². The average molecular weight is 535 g/mol. The summed E-state index contributed by atoms with van der Waals surface area (Å²) in [7, 11) is 1.64. The maximum atomic E-state index is 11.3. The molecule has 0 saturated carbocycles. The van der Waals surface area contributed by atoms with Crippen molar-refractivity contribution in [2.75, 3.05) is 33.2 Å². The Hall–Kier alpha value is -2.15.